The van der Waals surface area contributed by atoms with Crippen LogP contribution in [0.3, 0.4) is 0 Å². The van der Waals surface area contributed by atoms with Crippen molar-refractivity contribution in [3.8, 4) is 0 Å². The molecule has 41 heavy (non-hydrogen) atoms. The standard InChI is InChI=1S/C33H45ClO5.H2S2/c1-5-25(26-11-15-33(16-12-26)13-6-14-33)8-7-22(2)17-28-18-27(9-10-31(28)34)32-20-29(38-24(4)36)19-30(39-32)21-37-23(3)35;1-2/h7-10,18,26,29-30,32H,5-6,11-17,19-21H2,1-4H3;1-2H/b22-7+,25-8+;. The van der Waals surface area contributed by atoms with Gasteiger partial charge in [0.25, 0.3) is 0 Å². The van der Waals surface area contributed by atoms with Crippen molar-refractivity contribution in [3.63, 3.8) is 0 Å². The average Bonchev–Trinajstić information content (AvgIpc) is 2.93. The Morgan fingerprint density at radius 2 is 1.76 bits per heavy atom. The van der Waals surface area contributed by atoms with Crippen molar-refractivity contribution in [3.05, 3.63) is 57.6 Å². The summed E-state index contributed by atoms with van der Waals surface area (Å²) >= 11 is 13.1. The summed E-state index contributed by atoms with van der Waals surface area (Å²) in [6.07, 6.45) is 16.5. The molecule has 0 bridgehead atoms. The number of rotatable bonds is 9. The Bertz CT molecular complexity index is 1090. The second-order valence-corrected chi connectivity index (χ2v) is 12.4. The molecule has 4 rings (SSSR count). The highest BCUT2D eigenvalue weighted by atomic mass is 35.5. The van der Waals surface area contributed by atoms with E-state index in [4.69, 9.17) is 25.8 Å². The van der Waals surface area contributed by atoms with Gasteiger partial charge in [-0.1, -0.05) is 60.4 Å². The Hall–Kier alpha value is -1.41. The molecule has 228 valence electrons. The highest BCUT2D eigenvalue weighted by molar-refractivity contribution is 8.59. The third-order valence-corrected chi connectivity index (χ3v) is 9.42. The molecule has 3 aliphatic rings. The summed E-state index contributed by atoms with van der Waals surface area (Å²) in [5.74, 6) is 0.0531. The van der Waals surface area contributed by atoms with Crippen molar-refractivity contribution in [1.29, 1.82) is 0 Å². The van der Waals surface area contributed by atoms with Crippen molar-refractivity contribution < 1.29 is 23.8 Å². The van der Waals surface area contributed by atoms with Crippen LogP contribution in [-0.2, 0) is 30.2 Å². The third kappa shape index (κ3) is 10.1. The van der Waals surface area contributed by atoms with Crippen LogP contribution in [0.25, 0.3) is 0 Å². The zero-order valence-corrected chi connectivity index (χ0v) is 27.5. The predicted molar refractivity (Wildman–Crippen MR) is 173 cm³/mol. The summed E-state index contributed by atoms with van der Waals surface area (Å²) in [6.45, 7) is 7.38. The zero-order chi connectivity index (χ0) is 30.0. The molecule has 0 radical (unpaired) electrons. The van der Waals surface area contributed by atoms with Crippen molar-refractivity contribution in [2.24, 2.45) is 11.3 Å². The fourth-order valence-electron chi connectivity index (χ4n) is 6.69. The van der Waals surface area contributed by atoms with Crippen LogP contribution in [0, 0.1) is 11.3 Å². The van der Waals surface area contributed by atoms with Crippen LogP contribution < -0.4 is 0 Å². The van der Waals surface area contributed by atoms with Gasteiger partial charge in [-0.15, -0.1) is 23.3 Å². The highest BCUT2D eigenvalue weighted by Crippen LogP contribution is 2.53. The van der Waals surface area contributed by atoms with E-state index in [1.807, 2.05) is 12.1 Å². The zero-order valence-electron chi connectivity index (χ0n) is 25.0. The number of hydrogen-bond acceptors (Lipinski definition) is 7. The lowest BCUT2D eigenvalue weighted by Crippen LogP contribution is -2.36. The van der Waals surface area contributed by atoms with Gasteiger partial charge in [-0.3, -0.25) is 9.59 Å². The van der Waals surface area contributed by atoms with Crippen LogP contribution in [0.2, 0.25) is 5.02 Å². The molecule has 0 aromatic heterocycles. The number of benzene rings is 1. The van der Waals surface area contributed by atoms with Gasteiger partial charge >= 0.3 is 11.9 Å². The second kappa shape index (κ2) is 16.4. The predicted octanol–water partition coefficient (Wildman–Crippen LogP) is 9.00. The van der Waals surface area contributed by atoms with Crippen LogP contribution in [0.15, 0.2) is 41.5 Å². The smallest absolute Gasteiger partial charge is 0.302 e. The highest BCUT2D eigenvalue weighted by Gasteiger charge is 2.40. The summed E-state index contributed by atoms with van der Waals surface area (Å²) < 4.78 is 17.0. The van der Waals surface area contributed by atoms with E-state index in [1.165, 1.54) is 64.4 Å². The Kier molecular flexibility index (Phi) is 13.7. The molecule has 2 saturated carbocycles. The molecule has 0 N–H and O–H groups in total. The van der Waals surface area contributed by atoms with Crippen molar-refractivity contribution in [2.75, 3.05) is 6.61 Å². The first-order chi connectivity index (χ1) is 19.7. The molecule has 1 aliphatic heterocycles. The Morgan fingerprint density at radius 1 is 1.05 bits per heavy atom. The molecule has 1 saturated heterocycles. The lowest BCUT2D eigenvalue weighted by Gasteiger charge is -2.47. The molecule has 3 fully saturated rings. The summed E-state index contributed by atoms with van der Waals surface area (Å²) in [5, 5.41) is 0.730. The molecule has 2 aliphatic carbocycles. The van der Waals surface area contributed by atoms with Crippen molar-refractivity contribution in [2.45, 2.75) is 117 Å². The summed E-state index contributed by atoms with van der Waals surface area (Å²) in [4.78, 5) is 23.0. The topological polar surface area (TPSA) is 61.8 Å². The van der Waals surface area contributed by atoms with Gasteiger partial charge in [-0.25, -0.2) is 0 Å². The SMILES string of the molecule is CC/C(=C\C=C(/C)Cc1cc(C2CC(OC(C)=O)CC(COC(C)=O)O2)ccc1Cl)C1CCC2(CCC2)CC1.SS. The van der Waals surface area contributed by atoms with Crippen molar-refractivity contribution >= 4 is 46.9 Å². The monoisotopic (exact) mass is 622 g/mol. The van der Waals surface area contributed by atoms with Gasteiger partial charge in [0.1, 0.15) is 12.7 Å². The first-order valence-electron chi connectivity index (χ1n) is 15.0. The normalized spacial score (nSPS) is 24.6. The first-order valence-corrected chi connectivity index (χ1v) is 16.9. The number of ether oxygens (including phenoxy) is 3. The molecule has 1 spiro atoms. The minimum Gasteiger partial charge on any atom is -0.463 e. The lowest BCUT2D eigenvalue weighted by molar-refractivity contribution is -0.169. The molecular weight excluding hydrogens is 576 g/mol. The van der Waals surface area contributed by atoms with Crippen LogP contribution >= 0.6 is 34.9 Å². The van der Waals surface area contributed by atoms with Gasteiger partial charge in [0.2, 0.25) is 0 Å². The van der Waals surface area contributed by atoms with Crippen LogP contribution in [0.1, 0.15) is 109 Å². The summed E-state index contributed by atoms with van der Waals surface area (Å²) in [5.41, 5.74) is 5.58. The van der Waals surface area contributed by atoms with E-state index in [1.54, 1.807) is 5.57 Å². The number of allylic oxidation sites excluding steroid dienone is 4. The second-order valence-electron chi connectivity index (χ2n) is 12.0. The van der Waals surface area contributed by atoms with Gasteiger partial charge in [0.05, 0.1) is 12.2 Å². The lowest BCUT2D eigenvalue weighted by atomic mass is 9.58. The molecule has 1 aromatic carbocycles. The minimum absolute atomic E-state index is 0.139. The number of hydrogen-bond donors (Lipinski definition) is 2. The maximum Gasteiger partial charge on any atom is 0.302 e. The molecule has 5 nitrogen and oxygen atoms in total. The van der Waals surface area contributed by atoms with E-state index >= 15 is 0 Å². The number of carbonyl (C=O) groups excluding carboxylic acids is 2. The molecule has 1 aromatic rings. The fourth-order valence-corrected chi connectivity index (χ4v) is 6.88. The van der Waals surface area contributed by atoms with E-state index in [0.29, 0.717) is 18.3 Å². The molecular formula is C33H47ClO5S2. The number of thiol groups is 2. The maximum atomic E-state index is 11.6. The van der Waals surface area contributed by atoms with Crippen LogP contribution in [-0.4, -0.2) is 30.8 Å². The minimum atomic E-state index is -0.355. The average molecular weight is 623 g/mol. The number of esters is 2. The van der Waals surface area contributed by atoms with Gasteiger partial charge in [0, 0.05) is 31.7 Å². The summed E-state index contributed by atoms with van der Waals surface area (Å²) in [7, 11) is 0. The Labute approximate surface area is 262 Å². The molecule has 8 heteroatoms. The molecule has 3 unspecified atom stereocenters. The van der Waals surface area contributed by atoms with Crippen LogP contribution in [0.5, 0.6) is 0 Å². The van der Waals surface area contributed by atoms with Gasteiger partial charge < -0.3 is 14.2 Å². The molecule has 0 amide bonds. The van der Waals surface area contributed by atoms with E-state index in [2.05, 4.69) is 55.4 Å². The molecule has 3 atom stereocenters. The largest absolute Gasteiger partial charge is 0.463 e. The fraction of sp³-hybridized carbons (Fsp3) is 0.636. The van der Waals surface area contributed by atoms with E-state index in [0.717, 1.165) is 34.9 Å². The molecule has 1 heterocycles. The van der Waals surface area contributed by atoms with Crippen molar-refractivity contribution in [1.82, 2.24) is 0 Å². The van der Waals surface area contributed by atoms with Gasteiger partial charge in [-0.05, 0) is 86.8 Å². The first kappa shape index (κ1) is 34.1. The third-order valence-electron chi connectivity index (χ3n) is 9.05. The van der Waals surface area contributed by atoms with Gasteiger partial charge in [0.15, 0.2) is 0 Å². The van der Waals surface area contributed by atoms with Crippen LogP contribution in [0.4, 0.5) is 0 Å². The maximum absolute atomic E-state index is 11.6. The number of halogens is 1. The summed E-state index contributed by atoms with van der Waals surface area (Å²) in [6, 6.07) is 6.00. The Morgan fingerprint density at radius 3 is 2.34 bits per heavy atom. The number of carbonyl (C=O) groups is 2. The van der Waals surface area contributed by atoms with Gasteiger partial charge in [-0.2, -0.15) is 0 Å². The van der Waals surface area contributed by atoms with E-state index in [9.17, 15) is 9.59 Å². The quantitative estimate of drug-likeness (QED) is 0.125. The van der Waals surface area contributed by atoms with E-state index < -0.39 is 0 Å². The Balaban J connectivity index is 0.00000226. The van der Waals surface area contributed by atoms with E-state index in [-0.39, 0.29) is 36.9 Å².